The third-order valence-electron chi connectivity index (χ3n) is 2.91. The second kappa shape index (κ2) is 8.43. The minimum atomic E-state index is 0.761. The van der Waals surface area contributed by atoms with Crippen molar-refractivity contribution < 1.29 is 4.74 Å². The maximum Gasteiger partial charge on any atom is 0.0477 e. The number of ether oxygens (including phenoxy) is 1. The number of hydrogen-bond donors (Lipinski definition) is 1. The second-order valence-corrected chi connectivity index (χ2v) is 5.55. The highest BCUT2D eigenvalue weighted by atomic mass is 32.2. The maximum absolute atomic E-state index is 5.33. The average molecular weight is 231 g/mol. The summed E-state index contributed by atoms with van der Waals surface area (Å²) in [4.78, 5) is 0. The number of thioether (sulfide) groups is 1. The van der Waals surface area contributed by atoms with Gasteiger partial charge in [-0.2, -0.15) is 11.8 Å². The normalized spacial score (nSPS) is 26.0. The van der Waals surface area contributed by atoms with Crippen LogP contribution in [0.25, 0.3) is 0 Å². The van der Waals surface area contributed by atoms with E-state index >= 15 is 0 Å². The van der Waals surface area contributed by atoms with Crippen LogP contribution >= 0.6 is 11.8 Å². The molecule has 0 aromatic carbocycles. The van der Waals surface area contributed by atoms with E-state index < -0.39 is 0 Å². The van der Waals surface area contributed by atoms with Gasteiger partial charge in [-0.05, 0) is 38.5 Å². The summed E-state index contributed by atoms with van der Waals surface area (Å²) >= 11 is 2.12. The summed E-state index contributed by atoms with van der Waals surface area (Å²) in [7, 11) is 0. The molecular formula is C12H25NOS. The maximum atomic E-state index is 5.33. The highest BCUT2D eigenvalue weighted by Gasteiger charge is 2.26. The number of nitrogens with one attached hydrogen (secondary N) is 1. The smallest absolute Gasteiger partial charge is 0.0477 e. The first-order valence-electron chi connectivity index (χ1n) is 6.31. The molecule has 0 aromatic rings. The summed E-state index contributed by atoms with van der Waals surface area (Å²) in [5, 5.41) is 4.54. The van der Waals surface area contributed by atoms with Gasteiger partial charge in [0.25, 0.3) is 0 Å². The molecule has 90 valence electrons. The SMILES string of the molecule is CCOCCCNC1CCCC1SCC. The highest BCUT2D eigenvalue weighted by molar-refractivity contribution is 7.99. The zero-order valence-electron chi connectivity index (χ0n) is 10.1. The van der Waals surface area contributed by atoms with Gasteiger partial charge in [0.1, 0.15) is 0 Å². The Kier molecular flexibility index (Phi) is 7.49. The van der Waals surface area contributed by atoms with E-state index in [4.69, 9.17) is 4.74 Å². The van der Waals surface area contributed by atoms with Crippen LogP contribution in [0.3, 0.4) is 0 Å². The molecule has 0 bridgehead atoms. The van der Waals surface area contributed by atoms with E-state index in [-0.39, 0.29) is 0 Å². The van der Waals surface area contributed by atoms with Gasteiger partial charge in [0.15, 0.2) is 0 Å². The van der Waals surface area contributed by atoms with Gasteiger partial charge in [-0.15, -0.1) is 0 Å². The van der Waals surface area contributed by atoms with Gasteiger partial charge >= 0.3 is 0 Å². The van der Waals surface area contributed by atoms with Crippen molar-refractivity contribution in [2.24, 2.45) is 0 Å². The van der Waals surface area contributed by atoms with Crippen LogP contribution in [0.15, 0.2) is 0 Å². The molecule has 1 saturated carbocycles. The standard InChI is InChI=1S/C12H25NOS/c1-3-14-10-6-9-13-11-7-5-8-12(11)15-4-2/h11-13H,3-10H2,1-2H3. The lowest BCUT2D eigenvalue weighted by Gasteiger charge is -2.20. The van der Waals surface area contributed by atoms with Gasteiger partial charge < -0.3 is 10.1 Å². The van der Waals surface area contributed by atoms with Crippen molar-refractivity contribution in [1.82, 2.24) is 5.32 Å². The topological polar surface area (TPSA) is 21.3 Å². The molecule has 0 amide bonds. The fraction of sp³-hybridized carbons (Fsp3) is 1.00. The molecule has 1 aliphatic rings. The Morgan fingerprint density at radius 1 is 1.33 bits per heavy atom. The molecule has 1 rings (SSSR count). The summed E-state index contributed by atoms with van der Waals surface area (Å²) < 4.78 is 5.33. The lowest BCUT2D eigenvalue weighted by Crippen LogP contribution is -2.35. The van der Waals surface area contributed by atoms with Crippen molar-refractivity contribution in [2.75, 3.05) is 25.5 Å². The molecule has 1 N–H and O–H groups in total. The Bertz CT molecular complexity index is 155. The molecule has 1 fully saturated rings. The van der Waals surface area contributed by atoms with E-state index in [0.717, 1.165) is 37.5 Å². The Hall–Kier alpha value is 0.270. The van der Waals surface area contributed by atoms with E-state index in [2.05, 4.69) is 30.9 Å². The van der Waals surface area contributed by atoms with Gasteiger partial charge in [0.05, 0.1) is 0 Å². The van der Waals surface area contributed by atoms with Crippen molar-refractivity contribution in [1.29, 1.82) is 0 Å². The minimum Gasteiger partial charge on any atom is -0.382 e. The Morgan fingerprint density at radius 2 is 2.20 bits per heavy atom. The van der Waals surface area contributed by atoms with Gasteiger partial charge in [0.2, 0.25) is 0 Å². The monoisotopic (exact) mass is 231 g/mol. The summed E-state index contributed by atoms with van der Waals surface area (Å²) in [5.41, 5.74) is 0. The first-order chi connectivity index (χ1) is 7.38. The number of hydrogen-bond acceptors (Lipinski definition) is 3. The number of rotatable bonds is 8. The lowest BCUT2D eigenvalue weighted by atomic mass is 10.2. The molecule has 0 aromatic heterocycles. The summed E-state index contributed by atoms with van der Waals surface area (Å²) in [6, 6.07) is 0.761. The van der Waals surface area contributed by atoms with Gasteiger partial charge in [0, 0.05) is 24.5 Å². The molecule has 2 unspecified atom stereocenters. The Labute approximate surface area is 98.5 Å². The first-order valence-corrected chi connectivity index (χ1v) is 7.36. The predicted molar refractivity (Wildman–Crippen MR) is 68.7 cm³/mol. The summed E-state index contributed by atoms with van der Waals surface area (Å²) in [5.74, 6) is 1.25. The zero-order valence-corrected chi connectivity index (χ0v) is 10.9. The van der Waals surface area contributed by atoms with Crippen molar-refractivity contribution in [3.05, 3.63) is 0 Å². The Balaban J connectivity index is 2.03. The molecule has 15 heavy (non-hydrogen) atoms. The molecule has 0 radical (unpaired) electrons. The largest absolute Gasteiger partial charge is 0.382 e. The molecular weight excluding hydrogens is 206 g/mol. The van der Waals surface area contributed by atoms with Gasteiger partial charge in [-0.1, -0.05) is 13.3 Å². The highest BCUT2D eigenvalue weighted by Crippen LogP contribution is 2.29. The lowest BCUT2D eigenvalue weighted by molar-refractivity contribution is 0.144. The van der Waals surface area contributed by atoms with Crippen LogP contribution in [0.1, 0.15) is 39.5 Å². The van der Waals surface area contributed by atoms with E-state index in [1.807, 2.05) is 0 Å². The molecule has 0 heterocycles. The fourth-order valence-corrected chi connectivity index (χ4v) is 3.41. The molecule has 1 aliphatic carbocycles. The predicted octanol–water partition coefficient (Wildman–Crippen LogP) is 2.68. The van der Waals surface area contributed by atoms with Crippen molar-refractivity contribution in [3.63, 3.8) is 0 Å². The molecule has 0 spiro atoms. The van der Waals surface area contributed by atoms with Crippen LogP contribution < -0.4 is 5.32 Å². The van der Waals surface area contributed by atoms with Crippen LogP contribution in [0.5, 0.6) is 0 Å². The van der Waals surface area contributed by atoms with E-state index in [9.17, 15) is 0 Å². The minimum absolute atomic E-state index is 0.761. The fourth-order valence-electron chi connectivity index (χ4n) is 2.18. The van der Waals surface area contributed by atoms with Gasteiger partial charge in [-0.25, -0.2) is 0 Å². The van der Waals surface area contributed by atoms with E-state index in [1.54, 1.807) is 0 Å². The second-order valence-electron chi connectivity index (χ2n) is 4.04. The quantitative estimate of drug-likeness (QED) is 0.649. The third kappa shape index (κ3) is 5.23. The van der Waals surface area contributed by atoms with E-state index in [0.29, 0.717) is 0 Å². The van der Waals surface area contributed by atoms with Crippen molar-refractivity contribution >= 4 is 11.8 Å². The van der Waals surface area contributed by atoms with Crippen LogP contribution in [0.2, 0.25) is 0 Å². The van der Waals surface area contributed by atoms with Crippen LogP contribution in [0, 0.1) is 0 Å². The van der Waals surface area contributed by atoms with Crippen molar-refractivity contribution in [3.8, 4) is 0 Å². The molecule has 3 heteroatoms. The third-order valence-corrected chi connectivity index (χ3v) is 4.24. The molecule has 2 nitrogen and oxygen atoms in total. The molecule has 2 atom stereocenters. The van der Waals surface area contributed by atoms with Crippen LogP contribution in [0.4, 0.5) is 0 Å². The van der Waals surface area contributed by atoms with Crippen LogP contribution in [-0.2, 0) is 4.74 Å². The van der Waals surface area contributed by atoms with Gasteiger partial charge in [-0.3, -0.25) is 0 Å². The molecule has 0 aliphatic heterocycles. The van der Waals surface area contributed by atoms with E-state index in [1.165, 1.54) is 25.0 Å². The summed E-state index contributed by atoms with van der Waals surface area (Å²) in [6.45, 7) is 7.18. The molecule has 0 saturated heterocycles. The Morgan fingerprint density at radius 3 is 2.93 bits per heavy atom. The summed E-state index contributed by atoms with van der Waals surface area (Å²) in [6.07, 6.45) is 5.32. The average Bonchev–Trinajstić information content (AvgIpc) is 2.66. The van der Waals surface area contributed by atoms with Crippen LogP contribution in [-0.4, -0.2) is 36.8 Å². The zero-order chi connectivity index (χ0) is 10.9. The van der Waals surface area contributed by atoms with Crippen molar-refractivity contribution in [2.45, 2.75) is 50.8 Å². The first kappa shape index (κ1) is 13.3.